The molecule has 9 nitrogen and oxygen atoms in total. The molecule has 0 spiro atoms. The van der Waals surface area contributed by atoms with Gasteiger partial charge in [-0.1, -0.05) is 84.9 Å². The Morgan fingerprint density at radius 3 is 2.11 bits per heavy atom. The molecule has 0 atom stereocenters. The van der Waals surface area contributed by atoms with Crippen LogP contribution < -0.4 is 5.32 Å². The average Bonchev–Trinajstić information content (AvgIpc) is 3.47. The predicted octanol–water partition coefficient (Wildman–Crippen LogP) is 7.84. The molecule has 0 fully saturated rings. The lowest BCUT2D eigenvalue weighted by atomic mass is 10.1. The second kappa shape index (κ2) is 15.7. The van der Waals surface area contributed by atoms with Crippen molar-refractivity contribution in [3.63, 3.8) is 0 Å². The summed E-state index contributed by atoms with van der Waals surface area (Å²) in [7, 11) is -4.03. The van der Waals surface area contributed by atoms with Crippen molar-refractivity contribution in [2.45, 2.75) is 36.3 Å². The topological polar surface area (TPSA) is 128 Å². The molecular weight excluding hydrogens is 637 g/mol. The second-order valence-corrected chi connectivity index (χ2v) is 14.2. The minimum atomic E-state index is -4.03. The number of carbonyl (C=O) groups is 1. The van der Waals surface area contributed by atoms with Crippen LogP contribution in [-0.2, 0) is 29.7 Å². The van der Waals surface area contributed by atoms with Crippen molar-refractivity contribution in [1.82, 2.24) is 15.2 Å². The van der Waals surface area contributed by atoms with Gasteiger partial charge in [0, 0.05) is 51.8 Å². The van der Waals surface area contributed by atoms with Crippen LogP contribution >= 0.6 is 23.1 Å². The Balaban J connectivity index is 1.21. The number of thiazole rings is 1. The number of aryl methyl sites for hydroxylation is 1. The van der Waals surface area contributed by atoms with Crippen molar-refractivity contribution in [3.05, 3.63) is 147 Å². The van der Waals surface area contributed by atoms with E-state index in [1.54, 1.807) is 23.9 Å². The fraction of sp³-hybridized carbons (Fsp3) is 0.176. The minimum Gasteiger partial charge on any atom is -0.347 e. The summed E-state index contributed by atoms with van der Waals surface area (Å²) in [6.45, 7) is 4.35. The third-order valence-electron chi connectivity index (χ3n) is 7.10. The minimum absolute atomic E-state index is 0.0370. The lowest BCUT2D eigenvalue weighted by molar-refractivity contribution is 0.0954. The number of aromatic nitrogens is 1. The van der Waals surface area contributed by atoms with E-state index >= 15 is 0 Å². The fourth-order valence-corrected chi connectivity index (χ4v) is 7.33. The Hall–Kier alpha value is -4.45. The molecule has 1 heterocycles. The van der Waals surface area contributed by atoms with E-state index in [1.807, 2.05) is 67.6 Å². The molecule has 1 N–H and O–H groups in total. The highest BCUT2D eigenvalue weighted by atomic mass is 32.2. The van der Waals surface area contributed by atoms with Crippen LogP contribution in [-0.4, -0.2) is 36.5 Å². The first-order valence-corrected chi connectivity index (χ1v) is 17.7. The number of hydrogen-bond acceptors (Lipinski definition) is 7. The summed E-state index contributed by atoms with van der Waals surface area (Å²) in [5.41, 5.74) is 13.3. The Morgan fingerprint density at radius 1 is 0.891 bits per heavy atom. The van der Waals surface area contributed by atoms with Crippen LogP contribution in [0.3, 0.4) is 0 Å². The Bertz CT molecular complexity index is 1910. The van der Waals surface area contributed by atoms with Crippen molar-refractivity contribution < 1.29 is 13.2 Å². The van der Waals surface area contributed by atoms with E-state index in [9.17, 15) is 13.2 Å². The molecule has 0 aliphatic carbocycles. The van der Waals surface area contributed by atoms with Crippen molar-refractivity contribution in [3.8, 4) is 10.6 Å². The van der Waals surface area contributed by atoms with Gasteiger partial charge in [-0.25, -0.2) is 13.4 Å². The maximum Gasteiger partial charge on any atom is 0.264 e. The molecule has 234 valence electrons. The Morgan fingerprint density at radius 2 is 1.48 bits per heavy atom. The lowest BCUT2D eigenvalue weighted by Gasteiger charge is -2.23. The van der Waals surface area contributed by atoms with Gasteiger partial charge >= 0.3 is 0 Å². The molecule has 5 aromatic rings. The molecule has 0 radical (unpaired) electrons. The van der Waals surface area contributed by atoms with Crippen molar-refractivity contribution in [2.24, 2.45) is 4.52 Å². The first kappa shape index (κ1) is 32.9. The third kappa shape index (κ3) is 9.06. The molecule has 1 aromatic heterocycles. The highest BCUT2D eigenvalue weighted by Gasteiger charge is 2.17. The van der Waals surface area contributed by atoms with Crippen LogP contribution in [0.5, 0.6) is 0 Å². The van der Waals surface area contributed by atoms with Crippen LogP contribution in [0.4, 0.5) is 0 Å². The van der Waals surface area contributed by atoms with Crippen LogP contribution in [0.2, 0.25) is 0 Å². The second-order valence-electron chi connectivity index (χ2n) is 10.5. The Labute approximate surface area is 277 Å². The molecule has 0 aliphatic rings. The normalized spacial score (nSPS) is 11.3. The summed E-state index contributed by atoms with van der Waals surface area (Å²) in [5.74, 6) is 0.738. The maximum absolute atomic E-state index is 13.0. The summed E-state index contributed by atoms with van der Waals surface area (Å²) in [6.07, 6.45) is 0. The van der Waals surface area contributed by atoms with Gasteiger partial charge < -0.3 is 5.32 Å². The van der Waals surface area contributed by atoms with Crippen molar-refractivity contribution >= 4 is 39.0 Å². The molecule has 0 saturated carbocycles. The third-order valence-corrected chi connectivity index (χ3v) is 10.4. The molecule has 5 rings (SSSR count). The van der Waals surface area contributed by atoms with Gasteiger partial charge in [0.1, 0.15) is 9.88 Å². The quantitative estimate of drug-likeness (QED) is 0.0556. The summed E-state index contributed by atoms with van der Waals surface area (Å²) < 4.78 is 27.1. The molecule has 12 heteroatoms. The zero-order chi connectivity index (χ0) is 32.4. The zero-order valence-electron chi connectivity index (χ0n) is 25.1. The van der Waals surface area contributed by atoms with E-state index in [2.05, 4.69) is 48.9 Å². The SMILES string of the molecule is Cc1nc(-c2ccccc2)sc1C(=O)NCc1ccc(CN(CCSc2ccccc2)Cc2ccc(S(=O)(=O)N=[N+]=[N-])cc2)cc1. The number of sulfonamides is 1. The van der Waals surface area contributed by atoms with Crippen LogP contribution in [0, 0.1) is 6.92 Å². The van der Waals surface area contributed by atoms with Gasteiger partial charge in [-0.3, -0.25) is 9.69 Å². The van der Waals surface area contributed by atoms with E-state index in [0.717, 1.165) is 39.6 Å². The molecule has 0 saturated heterocycles. The highest BCUT2D eigenvalue weighted by molar-refractivity contribution is 7.99. The molecule has 0 unspecified atom stereocenters. The number of hydrogen-bond donors (Lipinski definition) is 1. The van der Waals surface area contributed by atoms with Crippen molar-refractivity contribution in [2.75, 3.05) is 12.3 Å². The van der Waals surface area contributed by atoms with E-state index in [4.69, 9.17) is 5.53 Å². The summed E-state index contributed by atoms with van der Waals surface area (Å²) in [5, 5.41) is 3.86. The Kier molecular flexibility index (Phi) is 11.2. The molecule has 0 aliphatic heterocycles. The first-order valence-electron chi connectivity index (χ1n) is 14.5. The van der Waals surface area contributed by atoms with Gasteiger partial charge in [-0.2, -0.15) is 0 Å². The first-order chi connectivity index (χ1) is 22.3. The number of amides is 1. The maximum atomic E-state index is 13.0. The largest absolute Gasteiger partial charge is 0.347 e. The van der Waals surface area contributed by atoms with E-state index in [1.165, 1.54) is 28.4 Å². The zero-order valence-corrected chi connectivity index (χ0v) is 27.6. The summed E-state index contributed by atoms with van der Waals surface area (Å²) >= 11 is 3.18. The number of nitrogens with one attached hydrogen (secondary N) is 1. The molecular formula is C34H32N6O3S3. The smallest absolute Gasteiger partial charge is 0.264 e. The summed E-state index contributed by atoms with van der Waals surface area (Å²) in [4.78, 5) is 24.1. The fourth-order valence-electron chi connectivity index (χ4n) is 4.74. The molecule has 4 aromatic carbocycles. The lowest BCUT2D eigenvalue weighted by Crippen LogP contribution is -2.25. The number of benzene rings is 4. The van der Waals surface area contributed by atoms with Gasteiger partial charge in [-0.05, 0) is 53.4 Å². The van der Waals surface area contributed by atoms with Gasteiger partial charge in [0.2, 0.25) is 0 Å². The number of nitrogens with zero attached hydrogens (tertiary/aromatic N) is 5. The van der Waals surface area contributed by atoms with Gasteiger partial charge in [-0.15, -0.1) is 23.1 Å². The van der Waals surface area contributed by atoms with Crippen LogP contribution in [0.15, 0.2) is 124 Å². The summed E-state index contributed by atoms with van der Waals surface area (Å²) in [6, 6.07) is 34.7. The molecule has 1 amide bonds. The van der Waals surface area contributed by atoms with E-state index in [0.29, 0.717) is 30.2 Å². The van der Waals surface area contributed by atoms with E-state index in [-0.39, 0.29) is 10.8 Å². The van der Waals surface area contributed by atoms with Gasteiger partial charge in [0.05, 0.1) is 10.6 Å². The predicted molar refractivity (Wildman–Crippen MR) is 184 cm³/mol. The number of rotatable bonds is 14. The molecule has 46 heavy (non-hydrogen) atoms. The highest BCUT2D eigenvalue weighted by Crippen LogP contribution is 2.28. The average molecular weight is 669 g/mol. The standard InChI is InChI=1S/C34H32N6O3S3/c1-25-32(45-34(37-25)29-8-4-2-5-9-29)33(41)36-22-26-12-14-27(15-13-26)23-40(20-21-44-30-10-6-3-7-11-30)24-28-16-18-31(19-17-28)46(42,43)39-38-35/h2-19H,20-24H2,1H3,(H,36,41). The number of carbonyl (C=O) groups excluding carboxylic acids is 1. The number of thioether (sulfide) groups is 1. The monoisotopic (exact) mass is 668 g/mol. The van der Waals surface area contributed by atoms with Gasteiger partial charge in [0.25, 0.3) is 15.9 Å². The molecule has 0 bridgehead atoms. The number of azide groups is 1. The van der Waals surface area contributed by atoms with Crippen molar-refractivity contribution in [1.29, 1.82) is 0 Å². The van der Waals surface area contributed by atoms with Crippen LogP contribution in [0.1, 0.15) is 32.1 Å². The van der Waals surface area contributed by atoms with Crippen LogP contribution in [0.25, 0.3) is 21.0 Å². The van der Waals surface area contributed by atoms with Gasteiger partial charge in [0.15, 0.2) is 0 Å². The van der Waals surface area contributed by atoms with E-state index < -0.39 is 10.0 Å².